The van der Waals surface area contributed by atoms with Gasteiger partial charge in [0.1, 0.15) is 11.3 Å². The Labute approximate surface area is 144 Å². The third-order valence-corrected chi connectivity index (χ3v) is 3.90. The molecule has 0 aliphatic heterocycles. The number of pyridine rings is 1. The van der Waals surface area contributed by atoms with E-state index in [2.05, 4.69) is 10.3 Å². The SMILES string of the molecule is CCOc1cccc2cc([C@H](C)NC(=O)c3ccc(C)[nH]c3=O)oc12. The molecule has 0 spiro atoms. The summed E-state index contributed by atoms with van der Waals surface area (Å²) in [5, 5.41) is 3.69. The number of H-pyrrole nitrogens is 1. The van der Waals surface area contributed by atoms with Gasteiger partial charge in [0.25, 0.3) is 11.5 Å². The van der Waals surface area contributed by atoms with Crippen LogP contribution in [-0.4, -0.2) is 17.5 Å². The third-order valence-electron chi connectivity index (χ3n) is 3.90. The molecule has 0 saturated carbocycles. The zero-order valence-corrected chi connectivity index (χ0v) is 14.4. The van der Waals surface area contributed by atoms with E-state index in [1.54, 1.807) is 19.9 Å². The Bertz CT molecular complexity index is 971. The minimum absolute atomic E-state index is 0.0727. The van der Waals surface area contributed by atoms with Gasteiger partial charge >= 0.3 is 0 Å². The van der Waals surface area contributed by atoms with Crippen LogP contribution < -0.4 is 15.6 Å². The Hall–Kier alpha value is -3.02. The number of aryl methyl sites for hydroxylation is 1. The molecule has 0 fully saturated rings. The van der Waals surface area contributed by atoms with Crippen molar-refractivity contribution in [3.63, 3.8) is 0 Å². The molecule has 1 amide bonds. The number of hydrogen-bond donors (Lipinski definition) is 2. The lowest BCUT2D eigenvalue weighted by Gasteiger charge is -2.11. The van der Waals surface area contributed by atoms with Crippen LogP contribution in [0.2, 0.25) is 0 Å². The van der Waals surface area contributed by atoms with E-state index in [1.165, 1.54) is 6.07 Å². The molecule has 6 nitrogen and oxygen atoms in total. The first-order valence-corrected chi connectivity index (χ1v) is 8.15. The van der Waals surface area contributed by atoms with Crippen LogP contribution in [0, 0.1) is 6.92 Å². The van der Waals surface area contributed by atoms with Gasteiger partial charge in [-0.15, -0.1) is 0 Å². The van der Waals surface area contributed by atoms with Gasteiger partial charge in [0.2, 0.25) is 0 Å². The first-order chi connectivity index (χ1) is 12.0. The van der Waals surface area contributed by atoms with Gasteiger partial charge in [-0.25, -0.2) is 0 Å². The lowest BCUT2D eigenvalue weighted by Crippen LogP contribution is -2.31. The highest BCUT2D eigenvalue weighted by atomic mass is 16.5. The smallest absolute Gasteiger partial charge is 0.260 e. The highest BCUT2D eigenvalue weighted by Crippen LogP contribution is 2.31. The van der Waals surface area contributed by atoms with Crippen LogP contribution in [0.25, 0.3) is 11.0 Å². The predicted molar refractivity (Wildman–Crippen MR) is 95.1 cm³/mol. The Kier molecular flexibility index (Phi) is 4.61. The molecule has 0 saturated heterocycles. The van der Waals surface area contributed by atoms with Crippen molar-refractivity contribution in [2.75, 3.05) is 6.61 Å². The molecule has 2 N–H and O–H groups in total. The molecule has 3 rings (SSSR count). The fourth-order valence-corrected chi connectivity index (χ4v) is 2.64. The number of aromatic amines is 1. The van der Waals surface area contributed by atoms with Gasteiger partial charge in [-0.2, -0.15) is 0 Å². The van der Waals surface area contributed by atoms with Crippen LogP contribution in [-0.2, 0) is 0 Å². The second-order valence-electron chi connectivity index (χ2n) is 5.84. The highest BCUT2D eigenvalue weighted by molar-refractivity contribution is 5.94. The van der Waals surface area contributed by atoms with Crippen LogP contribution in [0.1, 0.15) is 41.7 Å². The van der Waals surface area contributed by atoms with Gasteiger partial charge in [0.05, 0.1) is 12.6 Å². The van der Waals surface area contributed by atoms with E-state index in [0.29, 0.717) is 29.4 Å². The van der Waals surface area contributed by atoms with Gasteiger partial charge in [0, 0.05) is 11.1 Å². The molecule has 0 aliphatic rings. The number of nitrogens with one attached hydrogen (secondary N) is 2. The molecule has 1 aromatic carbocycles. The number of benzene rings is 1. The topological polar surface area (TPSA) is 84.3 Å². The number of fused-ring (bicyclic) bond motifs is 1. The molecule has 3 aromatic rings. The Morgan fingerprint density at radius 1 is 1.32 bits per heavy atom. The molecule has 25 heavy (non-hydrogen) atoms. The summed E-state index contributed by atoms with van der Waals surface area (Å²) in [5.74, 6) is 0.818. The Morgan fingerprint density at radius 2 is 2.12 bits per heavy atom. The molecular formula is C19H20N2O4. The van der Waals surface area contributed by atoms with Crippen LogP contribution in [0.5, 0.6) is 5.75 Å². The predicted octanol–water partition coefficient (Wildman–Crippen LogP) is 3.32. The van der Waals surface area contributed by atoms with Crippen molar-refractivity contribution >= 4 is 16.9 Å². The maximum Gasteiger partial charge on any atom is 0.260 e. The van der Waals surface area contributed by atoms with Crippen molar-refractivity contribution in [2.45, 2.75) is 26.8 Å². The number of carbonyl (C=O) groups is 1. The molecule has 130 valence electrons. The summed E-state index contributed by atoms with van der Waals surface area (Å²) >= 11 is 0. The fraction of sp³-hybridized carbons (Fsp3) is 0.263. The minimum Gasteiger partial charge on any atom is -0.490 e. The van der Waals surface area contributed by atoms with Crippen molar-refractivity contribution in [2.24, 2.45) is 0 Å². The summed E-state index contributed by atoms with van der Waals surface area (Å²) in [6.45, 7) is 6.01. The quantitative estimate of drug-likeness (QED) is 0.746. The van der Waals surface area contributed by atoms with E-state index in [0.717, 1.165) is 5.39 Å². The molecule has 1 atom stereocenters. The van der Waals surface area contributed by atoms with Gasteiger partial charge in [-0.05, 0) is 45.0 Å². The first-order valence-electron chi connectivity index (χ1n) is 8.15. The molecule has 0 aliphatic carbocycles. The molecule has 0 radical (unpaired) electrons. The molecule has 0 unspecified atom stereocenters. The van der Waals surface area contributed by atoms with Crippen molar-refractivity contribution in [3.05, 3.63) is 63.8 Å². The van der Waals surface area contributed by atoms with E-state index >= 15 is 0 Å². The van der Waals surface area contributed by atoms with Crippen LogP contribution in [0.15, 0.2) is 45.6 Å². The van der Waals surface area contributed by atoms with E-state index in [1.807, 2.05) is 31.2 Å². The van der Waals surface area contributed by atoms with Crippen molar-refractivity contribution in [3.8, 4) is 5.75 Å². The maximum absolute atomic E-state index is 12.3. The number of hydrogen-bond acceptors (Lipinski definition) is 4. The summed E-state index contributed by atoms with van der Waals surface area (Å²) in [7, 11) is 0. The average Bonchev–Trinajstić information content (AvgIpc) is 3.00. The van der Waals surface area contributed by atoms with Crippen LogP contribution in [0.4, 0.5) is 0 Å². The summed E-state index contributed by atoms with van der Waals surface area (Å²) in [5.41, 5.74) is 1.01. The molecule has 2 aromatic heterocycles. The molecule has 0 bridgehead atoms. The zero-order chi connectivity index (χ0) is 18.0. The maximum atomic E-state index is 12.3. The normalized spacial score (nSPS) is 12.1. The summed E-state index contributed by atoms with van der Waals surface area (Å²) < 4.78 is 11.4. The summed E-state index contributed by atoms with van der Waals surface area (Å²) in [4.78, 5) is 26.9. The van der Waals surface area contributed by atoms with Gasteiger partial charge in [-0.1, -0.05) is 12.1 Å². The van der Waals surface area contributed by atoms with Gasteiger partial charge < -0.3 is 19.5 Å². The number of amides is 1. The molecule has 6 heteroatoms. The zero-order valence-electron chi connectivity index (χ0n) is 14.4. The molecular weight excluding hydrogens is 320 g/mol. The fourth-order valence-electron chi connectivity index (χ4n) is 2.64. The lowest BCUT2D eigenvalue weighted by atomic mass is 10.2. The van der Waals surface area contributed by atoms with Crippen molar-refractivity contribution < 1.29 is 13.9 Å². The third kappa shape index (κ3) is 3.42. The van der Waals surface area contributed by atoms with Crippen molar-refractivity contribution in [1.29, 1.82) is 0 Å². The van der Waals surface area contributed by atoms with E-state index in [-0.39, 0.29) is 5.56 Å². The van der Waals surface area contributed by atoms with Crippen LogP contribution >= 0.6 is 0 Å². The number of carbonyl (C=O) groups excluding carboxylic acids is 1. The van der Waals surface area contributed by atoms with E-state index in [9.17, 15) is 9.59 Å². The largest absolute Gasteiger partial charge is 0.490 e. The van der Waals surface area contributed by atoms with E-state index in [4.69, 9.17) is 9.15 Å². The number of furan rings is 1. The number of rotatable bonds is 5. The summed E-state index contributed by atoms with van der Waals surface area (Å²) in [6, 6.07) is 10.3. The first kappa shape index (κ1) is 16.8. The van der Waals surface area contributed by atoms with Gasteiger partial charge in [-0.3, -0.25) is 9.59 Å². The highest BCUT2D eigenvalue weighted by Gasteiger charge is 2.18. The second-order valence-corrected chi connectivity index (χ2v) is 5.84. The average molecular weight is 340 g/mol. The standard InChI is InChI=1S/C19H20N2O4/c1-4-24-15-7-5-6-13-10-16(25-17(13)15)12(3)21-19(23)14-9-8-11(2)20-18(14)22/h5-10,12H,4H2,1-3H3,(H,20,22)(H,21,23)/t12-/m0/s1. The summed E-state index contributed by atoms with van der Waals surface area (Å²) in [6.07, 6.45) is 0. The second kappa shape index (κ2) is 6.84. The Balaban J connectivity index is 1.84. The lowest BCUT2D eigenvalue weighted by molar-refractivity contribution is 0.0934. The van der Waals surface area contributed by atoms with Crippen LogP contribution in [0.3, 0.4) is 0 Å². The number of aromatic nitrogens is 1. The monoisotopic (exact) mass is 340 g/mol. The number of para-hydroxylation sites is 1. The minimum atomic E-state index is -0.445. The molecule has 2 heterocycles. The van der Waals surface area contributed by atoms with Crippen molar-refractivity contribution in [1.82, 2.24) is 10.3 Å². The van der Waals surface area contributed by atoms with Gasteiger partial charge in [0.15, 0.2) is 11.3 Å². The number of ether oxygens (including phenoxy) is 1. The Morgan fingerprint density at radius 3 is 2.84 bits per heavy atom. The van der Waals surface area contributed by atoms with E-state index < -0.39 is 17.5 Å².